The predicted octanol–water partition coefficient (Wildman–Crippen LogP) is 3.27. The number of amides is 1. The molecule has 0 radical (unpaired) electrons. The van der Waals surface area contributed by atoms with Gasteiger partial charge in [0.15, 0.2) is 0 Å². The summed E-state index contributed by atoms with van der Waals surface area (Å²) in [6.45, 7) is 2.39. The Kier molecular flexibility index (Phi) is 6.23. The maximum Gasteiger partial charge on any atom is 0.418 e. The van der Waals surface area contributed by atoms with E-state index in [-0.39, 0.29) is 18.3 Å². The SMILES string of the molecule is CCN(CC(=O)Nc1ccccc1C(F)(F)F)C1CCCCC1O. The molecule has 2 unspecified atom stereocenters. The molecule has 1 aromatic carbocycles. The Morgan fingerprint density at radius 3 is 2.58 bits per heavy atom. The van der Waals surface area contributed by atoms with E-state index in [1.807, 2.05) is 11.8 Å². The van der Waals surface area contributed by atoms with Gasteiger partial charge in [0.05, 0.1) is 23.9 Å². The third kappa shape index (κ3) is 4.70. The molecule has 1 saturated carbocycles. The molecular weight excluding hydrogens is 321 g/mol. The number of para-hydroxylation sites is 1. The molecule has 1 aliphatic rings. The molecule has 0 saturated heterocycles. The van der Waals surface area contributed by atoms with E-state index in [1.54, 1.807) is 0 Å². The Bertz CT molecular complexity index is 563. The summed E-state index contributed by atoms with van der Waals surface area (Å²) in [4.78, 5) is 14.0. The minimum Gasteiger partial charge on any atom is -0.391 e. The topological polar surface area (TPSA) is 52.6 Å². The summed E-state index contributed by atoms with van der Waals surface area (Å²) in [6.07, 6.45) is -1.58. The predicted molar refractivity (Wildman–Crippen MR) is 85.6 cm³/mol. The monoisotopic (exact) mass is 344 g/mol. The molecular formula is C17H23F3N2O2. The number of aliphatic hydroxyl groups is 1. The summed E-state index contributed by atoms with van der Waals surface area (Å²) >= 11 is 0. The summed E-state index contributed by atoms with van der Waals surface area (Å²) in [6, 6.07) is 4.81. The molecule has 0 aliphatic heterocycles. The highest BCUT2D eigenvalue weighted by atomic mass is 19.4. The minimum atomic E-state index is -4.52. The van der Waals surface area contributed by atoms with Crippen LogP contribution in [-0.4, -0.2) is 41.1 Å². The van der Waals surface area contributed by atoms with Gasteiger partial charge in [-0.2, -0.15) is 13.2 Å². The van der Waals surface area contributed by atoms with E-state index >= 15 is 0 Å². The second-order valence-electron chi connectivity index (χ2n) is 6.07. The molecule has 1 aliphatic carbocycles. The molecule has 1 aromatic rings. The van der Waals surface area contributed by atoms with Gasteiger partial charge in [0.25, 0.3) is 0 Å². The molecule has 0 spiro atoms. The Morgan fingerprint density at radius 2 is 1.96 bits per heavy atom. The first-order chi connectivity index (χ1) is 11.3. The second-order valence-corrected chi connectivity index (χ2v) is 6.07. The maximum atomic E-state index is 13.0. The second kappa shape index (κ2) is 7.98. The van der Waals surface area contributed by atoms with E-state index in [0.717, 1.165) is 25.3 Å². The molecule has 7 heteroatoms. The fourth-order valence-electron chi connectivity index (χ4n) is 3.19. The molecule has 4 nitrogen and oxygen atoms in total. The molecule has 134 valence electrons. The number of aliphatic hydroxyl groups excluding tert-OH is 1. The standard InChI is InChI=1S/C17H23F3N2O2/c1-2-22(14-9-5-6-10-15(14)23)11-16(24)21-13-8-4-3-7-12(13)17(18,19)20/h3-4,7-8,14-15,23H,2,5-6,9-11H2,1H3,(H,21,24). The van der Waals surface area contributed by atoms with Gasteiger partial charge >= 0.3 is 6.18 Å². The van der Waals surface area contributed by atoms with Gasteiger partial charge in [-0.15, -0.1) is 0 Å². The molecule has 24 heavy (non-hydrogen) atoms. The lowest BCUT2D eigenvalue weighted by Gasteiger charge is -2.36. The zero-order chi connectivity index (χ0) is 17.7. The van der Waals surface area contributed by atoms with E-state index in [9.17, 15) is 23.1 Å². The Labute approximate surface area is 139 Å². The van der Waals surface area contributed by atoms with Crippen molar-refractivity contribution in [3.05, 3.63) is 29.8 Å². The van der Waals surface area contributed by atoms with Crippen molar-refractivity contribution in [2.45, 2.75) is 50.9 Å². The quantitative estimate of drug-likeness (QED) is 0.862. The first-order valence-electron chi connectivity index (χ1n) is 8.21. The van der Waals surface area contributed by atoms with Crippen LogP contribution in [-0.2, 0) is 11.0 Å². The number of halogens is 3. The van der Waals surface area contributed by atoms with Gasteiger partial charge in [0.2, 0.25) is 5.91 Å². The highest BCUT2D eigenvalue weighted by Crippen LogP contribution is 2.34. The van der Waals surface area contributed by atoms with Crippen LogP contribution in [0.25, 0.3) is 0 Å². The summed E-state index contributed by atoms with van der Waals surface area (Å²) in [5, 5.41) is 12.5. The number of alkyl halides is 3. The van der Waals surface area contributed by atoms with Crippen molar-refractivity contribution in [1.29, 1.82) is 0 Å². The average Bonchev–Trinajstić information content (AvgIpc) is 2.53. The summed E-state index contributed by atoms with van der Waals surface area (Å²) < 4.78 is 38.9. The van der Waals surface area contributed by atoms with Crippen molar-refractivity contribution in [1.82, 2.24) is 4.90 Å². The van der Waals surface area contributed by atoms with Crippen molar-refractivity contribution >= 4 is 11.6 Å². The molecule has 0 aromatic heterocycles. The number of benzene rings is 1. The lowest BCUT2D eigenvalue weighted by atomic mass is 9.91. The van der Waals surface area contributed by atoms with Crippen molar-refractivity contribution in [2.24, 2.45) is 0 Å². The number of hydrogen-bond donors (Lipinski definition) is 2. The minimum absolute atomic E-state index is 0.0373. The number of carbonyl (C=O) groups is 1. The van der Waals surface area contributed by atoms with Crippen LogP contribution in [0.4, 0.5) is 18.9 Å². The zero-order valence-electron chi connectivity index (χ0n) is 13.6. The van der Waals surface area contributed by atoms with Crippen molar-refractivity contribution in [3.8, 4) is 0 Å². The van der Waals surface area contributed by atoms with Crippen molar-refractivity contribution in [3.63, 3.8) is 0 Å². The molecule has 2 atom stereocenters. The van der Waals surface area contributed by atoms with Crippen LogP contribution >= 0.6 is 0 Å². The molecule has 1 amide bonds. The van der Waals surface area contributed by atoms with Crippen molar-refractivity contribution in [2.75, 3.05) is 18.4 Å². The number of anilines is 1. The molecule has 0 heterocycles. The van der Waals surface area contributed by atoms with Gasteiger partial charge in [-0.25, -0.2) is 0 Å². The Morgan fingerprint density at radius 1 is 1.29 bits per heavy atom. The van der Waals surface area contributed by atoms with E-state index in [0.29, 0.717) is 13.0 Å². The zero-order valence-corrected chi connectivity index (χ0v) is 13.6. The van der Waals surface area contributed by atoms with Crippen LogP contribution < -0.4 is 5.32 Å². The van der Waals surface area contributed by atoms with E-state index < -0.39 is 23.8 Å². The van der Waals surface area contributed by atoms with Gasteiger partial charge in [-0.05, 0) is 31.5 Å². The van der Waals surface area contributed by atoms with Crippen LogP contribution in [0.5, 0.6) is 0 Å². The molecule has 2 N–H and O–H groups in total. The number of nitrogens with zero attached hydrogens (tertiary/aromatic N) is 1. The van der Waals surface area contributed by atoms with Gasteiger partial charge in [-0.1, -0.05) is 31.9 Å². The lowest BCUT2D eigenvalue weighted by Crippen LogP contribution is -2.48. The fourth-order valence-corrected chi connectivity index (χ4v) is 3.19. The molecule has 0 bridgehead atoms. The number of hydrogen-bond acceptors (Lipinski definition) is 3. The van der Waals surface area contributed by atoms with Crippen LogP contribution in [0.2, 0.25) is 0 Å². The third-order valence-corrected chi connectivity index (χ3v) is 4.42. The maximum absolute atomic E-state index is 13.0. The molecule has 1 fully saturated rings. The summed E-state index contributed by atoms with van der Waals surface area (Å²) in [5.74, 6) is -0.508. The average molecular weight is 344 g/mol. The smallest absolute Gasteiger partial charge is 0.391 e. The van der Waals surface area contributed by atoms with Gasteiger partial charge in [0, 0.05) is 6.04 Å². The number of nitrogens with one attached hydrogen (secondary N) is 1. The molecule has 2 rings (SSSR count). The number of carbonyl (C=O) groups excluding carboxylic acids is 1. The number of rotatable bonds is 5. The van der Waals surface area contributed by atoms with Crippen LogP contribution in [0.15, 0.2) is 24.3 Å². The highest BCUT2D eigenvalue weighted by Gasteiger charge is 2.34. The number of likely N-dealkylation sites (N-methyl/N-ethyl adjacent to an activating group) is 1. The normalized spacial score (nSPS) is 21.8. The first-order valence-corrected chi connectivity index (χ1v) is 8.21. The van der Waals surface area contributed by atoms with Crippen LogP contribution in [0, 0.1) is 0 Å². The van der Waals surface area contributed by atoms with E-state index in [2.05, 4.69) is 5.32 Å². The van der Waals surface area contributed by atoms with Crippen LogP contribution in [0.1, 0.15) is 38.2 Å². The lowest BCUT2D eigenvalue weighted by molar-refractivity contribution is -0.137. The van der Waals surface area contributed by atoms with Crippen molar-refractivity contribution < 1.29 is 23.1 Å². The Balaban J connectivity index is 2.05. The third-order valence-electron chi connectivity index (χ3n) is 4.42. The highest BCUT2D eigenvalue weighted by molar-refractivity contribution is 5.93. The fraction of sp³-hybridized carbons (Fsp3) is 0.588. The summed E-state index contributed by atoms with van der Waals surface area (Å²) in [7, 11) is 0. The summed E-state index contributed by atoms with van der Waals surface area (Å²) in [5.41, 5.74) is -1.10. The van der Waals surface area contributed by atoms with E-state index in [1.165, 1.54) is 18.2 Å². The van der Waals surface area contributed by atoms with Crippen LogP contribution in [0.3, 0.4) is 0 Å². The van der Waals surface area contributed by atoms with Gasteiger partial charge in [-0.3, -0.25) is 9.69 Å². The van der Waals surface area contributed by atoms with E-state index in [4.69, 9.17) is 0 Å². The van der Waals surface area contributed by atoms with Gasteiger partial charge < -0.3 is 10.4 Å². The largest absolute Gasteiger partial charge is 0.418 e. The van der Waals surface area contributed by atoms with Gasteiger partial charge in [0.1, 0.15) is 0 Å². The first kappa shape index (κ1) is 18.7. The Hall–Kier alpha value is -1.60.